The van der Waals surface area contributed by atoms with Gasteiger partial charge in [0, 0.05) is 51.0 Å². The van der Waals surface area contributed by atoms with E-state index in [0.29, 0.717) is 6.04 Å². The van der Waals surface area contributed by atoms with Crippen LogP contribution in [0.3, 0.4) is 0 Å². The van der Waals surface area contributed by atoms with E-state index in [4.69, 9.17) is 4.74 Å². The molecule has 2 aliphatic heterocycles. The molecule has 1 aromatic rings. The number of β-amino-alcohol motifs (C(OH)–C–C–N with tert-alkyl or cyclic N) is 1. The normalized spacial score (nSPS) is 24.3. The third-order valence-corrected chi connectivity index (χ3v) is 5.21. The third-order valence-electron chi connectivity index (χ3n) is 5.21. The molecule has 1 aromatic carbocycles. The largest absolute Gasteiger partial charge is 0.390 e. The molecule has 5 heteroatoms. The van der Waals surface area contributed by atoms with Gasteiger partial charge in [-0.05, 0) is 32.0 Å². The van der Waals surface area contributed by atoms with Crippen LogP contribution in [0, 0.1) is 0 Å². The summed E-state index contributed by atoms with van der Waals surface area (Å²) in [6.07, 6.45) is 2.13. The number of nitrogens with zero attached hydrogens (tertiary/aromatic N) is 3. The van der Waals surface area contributed by atoms with Crippen LogP contribution in [0.5, 0.6) is 0 Å². The van der Waals surface area contributed by atoms with E-state index >= 15 is 0 Å². The van der Waals surface area contributed by atoms with Gasteiger partial charge in [0.05, 0.1) is 19.3 Å². The Labute approximate surface area is 145 Å². The Hall–Kier alpha value is -1.14. The molecule has 2 saturated heterocycles. The Morgan fingerprint density at radius 1 is 1.21 bits per heavy atom. The van der Waals surface area contributed by atoms with E-state index in [1.54, 1.807) is 0 Å². The summed E-state index contributed by atoms with van der Waals surface area (Å²) < 4.78 is 5.37. The molecular weight excluding hydrogens is 302 g/mol. The van der Waals surface area contributed by atoms with Crippen molar-refractivity contribution in [1.29, 1.82) is 0 Å². The summed E-state index contributed by atoms with van der Waals surface area (Å²) in [7, 11) is 2.15. The quantitative estimate of drug-likeness (QED) is 0.849. The molecule has 0 amide bonds. The van der Waals surface area contributed by atoms with Crippen LogP contribution in [0.15, 0.2) is 30.3 Å². The van der Waals surface area contributed by atoms with Gasteiger partial charge in [0.15, 0.2) is 0 Å². The summed E-state index contributed by atoms with van der Waals surface area (Å²) in [5, 5.41) is 10.4. The summed E-state index contributed by atoms with van der Waals surface area (Å²) >= 11 is 0. The van der Waals surface area contributed by atoms with Gasteiger partial charge in [0.25, 0.3) is 0 Å². The van der Waals surface area contributed by atoms with Gasteiger partial charge in [-0.2, -0.15) is 0 Å². The Bertz CT molecular complexity index is 479. The number of hydrogen-bond donors (Lipinski definition) is 1. The first-order chi connectivity index (χ1) is 11.7. The van der Waals surface area contributed by atoms with Crippen molar-refractivity contribution in [2.75, 3.05) is 64.4 Å². The Morgan fingerprint density at radius 2 is 1.96 bits per heavy atom. The van der Waals surface area contributed by atoms with Crippen LogP contribution in [-0.2, 0) is 4.74 Å². The molecule has 5 nitrogen and oxygen atoms in total. The van der Waals surface area contributed by atoms with Crippen LogP contribution in [0.1, 0.15) is 12.8 Å². The predicted octanol–water partition coefficient (Wildman–Crippen LogP) is 1.28. The fourth-order valence-corrected chi connectivity index (χ4v) is 3.81. The van der Waals surface area contributed by atoms with Gasteiger partial charge in [0.2, 0.25) is 0 Å². The van der Waals surface area contributed by atoms with Crippen molar-refractivity contribution >= 4 is 5.69 Å². The number of morpholine rings is 1. The number of rotatable bonds is 6. The second-order valence-electron chi connectivity index (χ2n) is 7.08. The Kier molecular flexibility index (Phi) is 6.49. The van der Waals surface area contributed by atoms with Gasteiger partial charge in [0.1, 0.15) is 0 Å². The van der Waals surface area contributed by atoms with Gasteiger partial charge in [-0.3, -0.25) is 9.80 Å². The molecule has 0 aromatic heterocycles. The molecule has 0 aliphatic carbocycles. The minimum Gasteiger partial charge on any atom is -0.390 e. The van der Waals surface area contributed by atoms with Crippen molar-refractivity contribution < 1.29 is 9.84 Å². The van der Waals surface area contributed by atoms with Gasteiger partial charge in [-0.25, -0.2) is 0 Å². The monoisotopic (exact) mass is 333 g/mol. The summed E-state index contributed by atoms with van der Waals surface area (Å²) in [5.74, 6) is 0. The first-order valence-electron chi connectivity index (χ1n) is 9.21. The highest BCUT2D eigenvalue weighted by Crippen LogP contribution is 2.21. The lowest BCUT2D eigenvalue weighted by atomic mass is 10.0. The van der Waals surface area contributed by atoms with E-state index in [9.17, 15) is 5.11 Å². The molecule has 2 fully saturated rings. The molecule has 0 bridgehead atoms. The van der Waals surface area contributed by atoms with Crippen LogP contribution < -0.4 is 4.90 Å². The molecule has 0 spiro atoms. The minimum absolute atomic E-state index is 0.291. The highest BCUT2D eigenvalue weighted by Gasteiger charge is 2.25. The predicted molar refractivity (Wildman–Crippen MR) is 97.6 cm³/mol. The van der Waals surface area contributed by atoms with Crippen molar-refractivity contribution in [2.24, 2.45) is 0 Å². The molecule has 2 atom stereocenters. The average molecular weight is 333 g/mol. The molecule has 1 N–H and O–H groups in total. The van der Waals surface area contributed by atoms with Crippen molar-refractivity contribution in [3.8, 4) is 0 Å². The molecule has 0 radical (unpaired) electrons. The molecule has 2 heterocycles. The van der Waals surface area contributed by atoms with E-state index in [2.05, 4.69) is 52.1 Å². The van der Waals surface area contributed by atoms with Gasteiger partial charge < -0.3 is 14.7 Å². The summed E-state index contributed by atoms with van der Waals surface area (Å²) in [5.41, 5.74) is 1.31. The second-order valence-corrected chi connectivity index (χ2v) is 7.08. The zero-order chi connectivity index (χ0) is 16.8. The fraction of sp³-hybridized carbons (Fsp3) is 0.684. The summed E-state index contributed by atoms with van der Waals surface area (Å²) in [6, 6.07) is 11.2. The maximum Gasteiger partial charge on any atom is 0.0793 e. The zero-order valence-electron chi connectivity index (χ0n) is 14.8. The Balaban J connectivity index is 1.47. The van der Waals surface area contributed by atoms with Crippen LogP contribution in [0.2, 0.25) is 0 Å². The van der Waals surface area contributed by atoms with E-state index < -0.39 is 0 Å². The summed E-state index contributed by atoms with van der Waals surface area (Å²) in [6.45, 7) is 7.12. The Morgan fingerprint density at radius 3 is 2.71 bits per heavy atom. The first kappa shape index (κ1) is 17.7. The number of benzene rings is 1. The number of likely N-dealkylation sites (N-methyl/N-ethyl adjacent to an activating group) is 1. The van der Waals surface area contributed by atoms with Gasteiger partial charge in [-0.1, -0.05) is 18.2 Å². The van der Waals surface area contributed by atoms with Crippen LogP contribution in [-0.4, -0.2) is 86.6 Å². The van der Waals surface area contributed by atoms with Crippen molar-refractivity contribution in [3.63, 3.8) is 0 Å². The minimum atomic E-state index is -0.291. The maximum absolute atomic E-state index is 10.4. The molecule has 0 unspecified atom stereocenters. The van der Waals surface area contributed by atoms with E-state index in [1.807, 2.05) is 0 Å². The fourth-order valence-electron chi connectivity index (χ4n) is 3.81. The number of anilines is 1. The van der Waals surface area contributed by atoms with E-state index in [0.717, 1.165) is 52.5 Å². The highest BCUT2D eigenvalue weighted by molar-refractivity contribution is 5.46. The van der Waals surface area contributed by atoms with Crippen molar-refractivity contribution in [3.05, 3.63) is 30.3 Å². The van der Waals surface area contributed by atoms with Gasteiger partial charge >= 0.3 is 0 Å². The molecule has 0 saturated carbocycles. The lowest BCUT2D eigenvalue weighted by Gasteiger charge is -2.40. The lowest BCUT2D eigenvalue weighted by Crippen LogP contribution is -2.50. The van der Waals surface area contributed by atoms with E-state index in [1.165, 1.54) is 18.5 Å². The molecule has 3 rings (SSSR count). The molecular formula is C19H31N3O2. The number of para-hydroxylation sites is 1. The maximum atomic E-state index is 10.4. The number of piperidine rings is 1. The number of aliphatic hydroxyl groups excluding tert-OH is 1. The molecule has 134 valence electrons. The summed E-state index contributed by atoms with van der Waals surface area (Å²) in [4.78, 5) is 7.12. The zero-order valence-corrected chi connectivity index (χ0v) is 14.8. The first-order valence-corrected chi connectivity index (χ1v) is 9.21. The average Bonchev–Trinajstić information content (AvgIpc) is 2.63. The smallest absolute Gasteiger partial charge is 0.0793 e. The van der Waals surface area contributed by atoms with Crippen LogP contribution >= 0.6 is 0 Å². The lowest BCUT2D eigenvalue weighted by molar-refractivity contribution is 0.00530. The van der Waals surface area contributed by atoms with Crippen LogP contribution in [0.4, 0.5) is 5.69 Å². The van der Waals surface area contributed by atoms with E-state index in [-0.39, 0.29) is 6.10 Å². The van der Waals surface area contributed by atoms with Crippen molar-refractivity contribution in [1.82, 2.24) is 9.80 Å². The highest BCUT2D eigenvalue weighted by atomic mass is 16.5. The molecule has 24 heavy (non-hydrogen) atoms. The standard InChI is InChI=1S/C19H31N3O2/c1-20(15-19(23)16-21-10-12-24-13-11-21)18-8-5-9-22(14-18)17-6-3-2-4-7-17/h2-4,6-7,18-19,23H,5,8-16H2,1H3/t18-,19-/m1/s1. The third kappa shape index (κ3) is 4.93. The SMILES string of the molecule is CN(C[C@@H](O)CN1CCOCC1)[C@@H]1CCCN(c2ccccc2)C1. The number of aliphatic hydroxyl groups is 1. The second kappa shape index (κ2) is 8.81. The topological polar surface area (TPSA) is 39.2 Å². The number of ether oxygens (including phenoxy) is 1. The number of hydrogen-bond acceptors (Lipinski definition) is 5. The van der Waals surface area contributed by atoms with Crippen molar-refractivity contribution in [2.45, 2.75) is 25.0 Å². The van der Waals surface area contributed by atoms with Gasteiger partial charge in [-0.15, -0.1) is 0 Å². The van der Waals surface area contributed by atoms with Crippen LogP contribution in [0.25, 0.3) is 0 Å². The molecule has 2 aliphatic rings.